The van der Waals surface area contributed by atoms with Gasteiger partial charge in [0.05, 0.1) is 6.21 Å². The molecule has 0 aromatic carbocycles. The first-order valence-electron chi connectivity index (χ1n) is 7.19. The number of H-pyrrole nitrogens is 2. The number of aromatic nitrogens is 6. The molecule has 0 amide bonds. The Morgan fingerprint density at radius 1 is 1.08 bits per heavy atom. The predicted octanol–water partition coefficient (Wildman–Crippen LogP) is -2.50. The molecule has 3 aromatic heterocycles. The van der Waals surface area contributed by atoms with Crippen molar-refractivity contribution in [3.63, 3.8) is 0 Å². The molecule has 13 heteroatoms. The SMILES string of the molecule is Cn1c(=O)c2c(nc(N/N=C/c3c(O)[nH]c(=O)[nH]c3=O)n2C)n(C)c1=O. The van der Waals surface area contributed by atoms with Crippen molar-refractivity contribution in [3.8, 4) is 5.88 Å². The van der Waals surface area contributed by atoms with Crippen molar-refractivity contribution in [2.75, 3.05) is 5.43 Å². The molecule has 0 aliphatic heterocycles. The largest absolute Gasteiger partial charge is 0.494 e. The van der Waals surface area contributed by atoms with Gasteiger partial charge < -0.3 is 9.67 Å². The maximum atomic E-state index is 12.3. The summed E-state index contributed by atoms with van der Waals surface area (Å²) in [6.07, 6.45) is 0.973. The molecule has 13 nitrogen and oxygen atoms in total. The summed E-state index contributed by atoms with van der Waals surface area (Å²) < 4.78 is 3.56. The molecular formula is C13H14N8O5. The van der Waals surface area contributed by atoms with Crippen LogP contribution in [0, 0.1) is 0 Å². The summed E-state index contributed by atoms with van der Waals surface area (Å²) in [4.78, 5) is 55.0. The lowest BCUT2D eigenvalue weighted by Crippen LogP contribution is -2.37. The van der Waals surface area contributed by atoms with Gasteiger partial charge in [-0.15, -0.1) is 0 Å². The molecule has 3 heterocycles. The number of rotatable bonds is 3. The average Bonchev–Trinajstić information content (AvgIpc) is 2.90. The first-order chi connectivity index (χ1) is 12.2. The summed E-state index contributed by atoms with van der Waals surface area (Å²) >= 11 is 0. The Bertz CT molecular complexity index is 1290. The molecule has 136 valence electrons. The number of aryl methyl sites for hydroxylation is 2. The van der Waals surface area contributed by atoms with E-state index in [0.717, 1.165) is 10.8 Å². The smallest absolute Gasteiger partial charge is 0.332 e. The second kappa shape index (κ2) is 5.87. The lowest BCUT2D eigenvalue weighted by Gasteiger charge is -2.03. The van der Waals surface area contributed by atoms with Crippen LogP contribution in [0.3, 0.4) is 0 Å². The van der Waals surface area contributed by atoms with Crippen molar-refractivity contribution in [2.45, 2.75) is 0 Å². The number of hydrogen-bond donors (Lipinski definition) is 4. The standard InChI is InChI=1S/C13H14N8O5/c1-19-6-7(20(2)13(26)21(3)10(6)24)15-11(19)18-14-4-5-8(22)16-12(25)17-9(5)23/h4H,1-3H3,(H,15,18)(H3,16,17,22,23,25)/b14-4+. The minimum Gasteiger partial charge on any atom is -0.494 e. The minimum atomic E-state index is -0.857. The molecule has 0 saturated carbocycles. The molecule has 0 saturated heterocycles. The molecule has 3 rings (SSSR count). The van der Waals surface area contributed by atoms with Crippen molar-refractivity contribution in [2.24, 2.45) is 26.2 Å². The number of aromatic amines is 2. The van der Waals surface area contributed by atoms with Crippen LogP contribution in [-0.2, 0) is 21.1 Å². The maximum absolute atomic E-state index is 12.3. The summed E-state index contributed by atoms with van der Waals surface area (Å²) in [6, 6.07) is 0. The van der Waals surface area contributed by atoms with Gasteiger partial charge >= 0.3 is 11.4 Å². The molecule has 26 heavy (non-hydrogen) atoms. The quantitative estimate of drug-likeness (QED) is 0.294. The zero-order chi connectivity index (χ0) is 19.2. The highest BCUT2D eigenvalue weighted by Gasteiger charge is 2.16. The van der Waals surface area contributed by atoms with E-state index in [1.807, 2.05) is 9.97 Å². The van der Waals surface area contributed by atoms with Crippen LogP contribution < -0.4 is 27.9 Å². The highest BCUT2D eigenvalue weighted by atomic mass is 16.3. The zero-order valence-electron chi connectivity index (χ0n) is 13.9. The van der Waals surface area contributed by atoms with E-state index in [-0.39, 0.29) is 22.7 Å². The number of hydrogen-bond acceptors (Lipinski definition) is 8. The Morgan fingerprint density at radius 2 is 1.77 bits per heavy atom. The Labute approximate surface area is 142 Å². The van der Waals surface area contributed by atoms with E-state index in [0.29, 0.717) is 0 Å². The molecule has 0 bridgehead atoms. The molecule has 3 aromatic rings. The van der Waals surface area contributed by atoms with Crippen LogP contribution in [0.2, 0.25) is 0 Å². The van der Waals surface area contributed by atoms with Crippen LogP contribution in [0.4, 0.5) is 5.95 Å². The van der Waals surface area contributed by atoms with Crippen LogP contribution in [0.1, 0.15) is 5.56 Å². The van der Waals surface area contributed by atoms with Gasteiger partial charge in [-0.1, -0.05) is 0 Å². The lowest BCUT2D eigenvalue weighted by atomic mass is 10.3. The summed E-state index contributed by atoms with van der Waals surface area (Å²) in [5, 5.41) is 13.3. The number of nitrogens with zero attached hydrogens (tertiary/aromatic N) is 5. The van der Waals surface area contributed by atoms with E-state index < -0.39 is 28.4 Å². The molecule has 0 spiro atoms. The summed E-state index contributed by atoms with van der Waals surface area (Å²) in [7, 11) is 4.37. The van der Waals surface area contributed by atoms with E-state index in [9.17, 15) is 24.3 Å². The van der Waals surface area contributed by atoms with Crippen LogP contribution in [0.15, 0.2) is 24.3 Å². The van der Waals surface area contributed by atoms with Gasteiger partial charge in [-0.3, -0.25) is 28.7 Å². The highest BCUT2D eigenvalue weighted by Crippen LogP contribution is 2.13. The third kappa shape index (κ3) is 2.51. The fraction of sp³-hybridized carbons (Fsp3) is 0.231. The van der Waals surface area contributed by atoms with Crippen LogP contribution >= 0.6 is 0 Å². The van der Waals surface area contributed by atoms with Gasteiger partial charge in [-0.05, 0) is 0 Å². The number of aromatic hydroxyl groups is 1. The van der Waals surface area contributed by atoms with Gasteiger partial charge in [-0.2, -0.15) is 10.1 Å². The number of nitrogens with one attached hydrogen (secondary N) is 3. The monoisotopic (exact) mass is 362 g/mol. The van der Waals surface area contributed by atoms with Gasteiger partial charge in [0.1, 0.15) is 5.56 Å². The number of anilines is 1. The number of fused-ring (bicyclic) bond motifs is 1. The predicted molar refractivity (Wildman–Crippen MR) is 91.8 cm³/mol. The van der Waals surface area contributed by atoms with Gasteiger partial charge in [-0.25, -0.2) is 15.0 Å². The van der Waals surface area contributed by atoms with Crippen molar-refractivity contribution in [3.05, 3.63) is 47.2 Å². The topological polar surface area (TPSA) is 172 Å². The third-order valence-electron chi connectivity index (χ3n) is 3.79. The molecule has 0 atom stereocenters. The van der Waals surface area contributed by atoms with Crippen molar-refractivity contribution in [1.82, 2.24) is 28.7 Å². The highest BCUT2D eigenvalue weighted by molar-refractivity contribution is 5.82. The lowest BCUT2D eigenvalue weighted by molar-refractivity contribution is 0.447. The van der Waals surface area contributed by atoms with Gasteiger partial charge in [0, 0.05) is 21.1 Å². The zero-order valence-corrected chi connectivity index (χ0v) is 13.9. The van der Waals surface area contributed by atoms with E-state index in [4.69, 9.17) is 0 Å². The third-order valence-corrected chi connectivity index (χ3v) is 3.79. The summed E-state index contributed by atoms with van der Waals surface area (Å²) in [6.45, 7) is 0. The fourth-order valence-corrected chi connectivity index (χ4v) is 2.38. The molecular weight excluding hydrogens is 348 g/mol. The van der Waals surface area contributed by atoms with E-state index >= 15 is 0 Å². The van der Waals surface area contributed by atoms with Crippen LogP contribution in [0.5, 0.6) is 5.88 Å². The van der Waals surface area contributed by atoms with Crippen LogP contribution in [0.25, 0.3) is 11.2 Å². The number of imidazole rings is 1. The van der Waals surface area contributed by atoms with Gasteiger partial charge in [0.25, 0.3) is 11.1 Å². The molecule has 4 N–H and O–H groups in total. The van der Waals surface area contributed by atoms with Gasteiger partial charge in [0.15, 0.2) is 11.2 Å². The first kappa shape index (κ1) is 16.9. The van der Waals surface area contributed by atoms with Crippen LogP contribution in [-0.4, -0.2) is 40.0 Å². The van der Waals surface area contributed by atoms with E-state index in [1.54, 1.807) is 7.05 Å². The summed E-state index contributed by atoms with van der Waals surface area (Å²) in [5.41, 5.74) is -0.173. The first-order valence-corrected chi connectivity index (χ1v) is 7.19. The average molecular weight is 362 g/mol. The second-order valence-corrected chi connectivity index (χ2v) is 5.41. The normalized spacial score (nSPS) is 11.5. The fourth-order valence-electron chi connectivity index (χ4n) is 2.38. The maximum Gasteiger partial charge on any atom is 0.332 e. The van der Waals surface area contributed by atoms with Gasteiger partial charge in [0.2, 0.25) is 11.8 Å². The van der Waals surface area contributed by atoms with Crippen molar-refractivity contribution < 1.29 is 5.11 Å². The molecule has 0 aliphatic rings. The van der Waals surface area contributed by atoms with E-state index in [1.165, 1.54) is 23.2 Å². The van der Waals surface area contributed by atoms with Crippen molar-refractivity contribution >= 4 is 23.3 Å². The minimum absolute atomic E-state index is 0.120. The Balaban J connectivity index is 2.05. The van der Waals surface area contributed by atoms with Crippen molar-refractivity contribution in [1.29, 1.82) is 0 Å². The second-order valence-electron chi connectivity index (χ2n) is 5.41. The molecule has 0 fully saturated rings. The molecule has 0 radical (unpaired) electrons. The molecule has 0 unspecified atom stereocenters. The Morgan fingerprint density at radius 3 is 2.42 bits per heavy atom. The Kier molecular flexibility index (Phi) is 3.83. The number of hydrazone groups is 1. The summed E-state index contributed by atoms with van der Waals surface area (Å²) in [5.74, 6) is -0.527. The Hall–Kier alpha value is -3.90. The van der Waals surface area contributed by atoms with E-state index in [2.05, 4.69) is 15.5 Å². The molecule has 0 aliphatic carbocycles.